The van der Waals surface area contributed by atoms with Crippen LogP contribution < -0.4 is 0 Å². The summed E-state index contributed by atoms with van der Waals surface area (Å²) in [5, 5.41) is 0. The van der Waals surface area contributed by atoms with Crippen LogP contribution in [0.2, 0.25) is 0 Å². The summed E-state index contributed by atoms with van der Waals surface area (Å²) in [6.07, 6.45) is 9.24. The lowest BCUT2D eigenvalue weighted by Crippen LogP contribution is -2.25. The second-order valence-electron chi connectivity index (χ2n) is 4.84. The molecule has 1 saturated carbocycles. The fourth-order valence-electron chi connectivity index (χ4n) is 2.38. The van der Waals surface area contributed by atoms with Crippen LogP contribution >= 0.6 is 0 Å². The Bertz CT molecular complexity index is 174. The van der Waals surface area contributed by atoms with Crippen molar-refractivity contribution in [3.63, 3.8) is 0 Å². The fraction of sp³-hybridized carbons (Fsp3) is 0.917. The van der Waals surface area contributed by atoms with E-state index in [9.17, 15) is 4.79 Å². The highest BCUT2D eigenvalue weighted by molar-refractivity contribution is 5.79. The van der Waals surface area contributed by atoms with E-state index in [1.165, 1.54) is 32.1 Å². The van der Waals surface area contributed by atoms with E-state index >= 15 is 0 Å². The minimum Gasteiger partial charge on any atom is -0.300 e. The van der Waals surface area contributed by atoms with Crippen molar-refractivity contribution < 1.29 is 4.79 Å². The van der Waals surface area contributed by atoms with Gasteiger partial charge in [-0.05, 0) is 24.7 Å². The number of hydrogen-bond donors (Lipinski definition) is 0. The van der Waals surface area contributed by atoms with E-state index in [0.717, 1.165) is 19.3 Å². The summed E-state index contributed by atoms with van der Waals surface area (Å²) < 4.78 is 0. The average molecular weight is 182 g/mol. The van der Waals surface area contributed by atoms with Crippen molar-refractivity contribution >= 4 is 5.78 Å². The Morgan fingerprint density at radius 3 is 2.77 bits per heavy atom. The number of ketones is 1. The zero-order valence-corrected chi connectivity index (χ0v) is 9.07. The molecule has 0 aromatic rings. The number of rotatable bonds is 4. The molecule has 0 heterocycles. The van der Waals surface area contributed by atoms with Gasteiger partial charge in [0.15, 0.2) is 0 Å². The SMILES string of the molecule is CCCCCC1(C)CCCC(=O)C1. The van der Waals surface area contributed by atoms with Gasteiger partial charge in [-0.1, -0.05) is 33.1 Å². The van der Waals surface area contributed by atoms with Gasteiger partial charge in [0, 0.05) is 12.8 Å². The standard InChI is InChI=1S/C12H22O/c1-3-4-5-8-12(2)9-6-7-11(13)10-12/h3-10H2,1-2H3. The fourth-order valence-corrected chi connectivity index (χ4v) is 2.38. The first-order valence-corrected chi connectivity index (χ1v) is 5.68. The third kappa shape index (κ3) is 3.50. The highest BCUT2D eigenvalue weighted by Gasteiger charge is 2.30. The maximum Gasteiger partial charge on any atom is 0.133 e. The van der Waals surface area contributed by atoms with Crippen LogP contribution in [0.25, 0.3) is 0 Å². The molecule has 0 aromatic heterocycles. The van der Waals surface area contributed by atoms with Crippen LogP contribution in [-0.4, -0.2) is 5.78 Å². The number of carbonyl (C=O) groups excluding carboxylic acids is 1. The molecule has 0 saturated heterocycles. The van der Waals surface area contributed by atoms with Gasteiger partial charge in [-0.3, -0.25) is 4.79 Å². The third-order valence-corrected chi connectivity index (χ3v) is 3.24. The lowest BCUT2D eigenvalue weighted by atomic mass is 9.72. The molecule has 0 radical (unpaired) electrons. The smallest absolute Gasteiger partial charge is 0.133 e. The van der Waals surface area contributed by atoms with Gasteiger partial charge in [-0.2, -0.15) is 0 Å². The number of unbranched alkanes of at least 4 members (excludes halogenated alkanes) is 2. The Kier molecular flexibility index (Phi) is 3.95. The molecule has 1 unspecified atom stereocenters. The predicted molar refractivity (Wildman–Crippen MR) is 55.7 cm³/mol. The summed E-state index contributed by atoms with van der Waals surface area (Å²) >= 11 is 0. The molecule has 0 aliphatic heterocycles. The van der Waals surface area contributed by atoms with Crippen LogP contribution in [0.3, 0.4) is 0 Å². The molecule has 0 aromatic carbocycles. The van der Waals surface area contributed by atoms with Gasteiger partial charge in [0.2, 0.25) is 0 Å². The number of Topliss-reactive ketones (excluding diaryl/α,β-unsaturated/α-hetero) is 1. The lowest BCUT2D eigenvalue weighted by molar-refractivity contribution is -0.123. The highest BCUT2D eigenvalue weighted by Crippen LogP contribution is 2.38. The highest BCUT2D eigenvalue weighted by atomic mass is 16.1. The van der Waals surface area contributed by atoms with E-state index in [2.05, 4.69) is 13.8 Å². The normalized spacial score (nSPS) is 29.2. The molecule has 0 amide bonds. The van der Waals surface area contributed by atoms with Crippen LogP contribution in [0.4, 0.5) is 0 Å². The van der Waals surface area contributed by atoms with Gasteiger partial charge in [0.1, 0.15) is 5.78 Å². The molecule has 1 fully saturated rings. The molecule has 0 N–H and O–H groups in total. The minimum absolute atomic E-state index is 0.352. The second kappa shape index (κ2) is 4.78. The molecule has 1 rings (SSSR count). The van der Waals surface area contributed by atoms with Crippen LogP contribution in [-0.2, 0) is 4.79 Å². The molecule has 1 aliphatic carbocycles. The van der Waals surface area contributed by atoms with Gasteiger partial charge in [0.05, 0.1) is 0 Å². The Morgan fingerprint density at radius 2 is 2.15 bits per heavy atom. The molecular weight excluding hydrogens is 160 g/mol. The molecule has 13 heavy (non-hydrogen) atoms. The van der Waals surface area contributed by atoms with E-state index in [4.69, 9.17) is 0 Å². The van der Waals surface area contributed by atoms with Gasteiger partial charge >= 0.3 is 0 Å². The zero-order chi connectivity index (χ0) is 9.73. The van der Waals surface area contributed by atoms with Crippen molar-refractivity contribution in [2.45, 2.75) is 65.2 Å². The van der Waals surface area contributed by atoms with E-state index < -0.39 is 0 Å². The zero-order valence-electron chi connectivity index (χ0n) is 9.07. The second-order valence-corrected chi connectivity index (χ2v) is 4.84. The summed E-state index contributed by atoms with van der Waals surface area (Å²) in [7, 11) is 0. The molecule has 1 heteroatoms. The Labute approximate surface area is 81.9 Å². The number of carbonyl (C=O) groups is 1. The van der Waals surface area contributed by atoms with Gasteiger partial charge < -0.3 is 0 Å². The third-order valence-electron chi connectivity index (χ3n) is 3.24. The molecule has 1 aliphatic rings. The van der Waals surface area contributed by atoms with E-state index in [1.54, 1.807) is 0 Å². The average Bonchev–Trinajstić information content (AvgIpc) is 2.04. The maximum absolute atomic E-state index is 11.3. The summed E-state index contributed by atoms with van der Waals surface area (Å²) in [6, 6.07) is 0. The first kappa shape index (κ1) is 10.7. The van der Waals surface area contributed by atoms with Crippen molar-refractivity contribution in [1.82, 2.24) is 0 Å². The van der Waals surface area contributed by atoms with Crippen LogP contribution in [0, 0.1) is 5.41 Å². The van der Waals surface area contributed by atoms with E-state index in [-0.39, 0.29) is 0 Å². The van der Waals surface area contributed by atoms with Gasteiger partial charge in [-0.25, -0.2) is 0 Å². The van der Waals surface area contributed by atoms with Gasteiger partial charge in [0.25, 0.3) is 0 Å². The first-order valence-electron chi connectivity index (χ1n) is 5.68. The maximum atomic E-state index is 11.3. The Hall–Kier alpha value is -0.330. The van der Waals surface area contributed by atoms with Crippen LogP contribution in [0.15, 0.2) is 0 Å². The minimum atomic E-state index is 0.352. The van der Waals surface area contributed by atoms with E-state index in [0.29, 0.717) is 11.2 Å². The molecule has 1 nitrogen and oxygen atoms in total. The van der Waals surface area contributed by atoms with Crippen molar-refractivity contribution in [1.29, 1.82) is 0 Å². The van der Waals surface area contributed by atoms with Crippen LogP contribution in [0.1, 0.15) is 65.2 Å². The summed E-state index contributed by atoms with van der Waals surface area (Å²) in [6.45, 7) is 4.52. The largest absolute Gasteiger partial charge is 0.300 e. The summed E-state index contributed by atoms with van der Waals surface area (Å²) in [4.78, 5) is 11.3. The molecule has 0 bridgehead atoms. The quantitative estimate of drug-likeness (QED) is 0.606. The molecule has 0 spiro atoms. The van der Waals surface area contributed by atoms with Crippen LogP contribution in [0.5, 0.6) is 0 Å². The predicted octanol–water partition coefficient (Wildman–Crippen LogP) is 3.72. The van der Waals surface area contributed by atoms with Gasteiger partial charge in [-0.15, -0.1) is 0 Å². The summed E-state index contributed by atoms with van der Waals surface area (Å²) in [5.41, 5.74) is 0.352. The Morgan fingerprint density at radius 1 is 1.38 bits per heavy atom. The molecule has 1 atom stereocenters. The lowest BCUT2D eigenvalue weighted by Gasteiger charge is -2.32. The first-order chi connectivity index (χ1) is 6.16. The number of hydrogen-bond acceptors (Lipinski definition) is 1. The molecular formula is C12H22O. The van der Waals surface area contributed by atoms with Crippen molar-refractivity contribution in [3.05, 3.63) is 0 Å². The van der Waals surface area contributed by atoms with Crippen molar-refractivity contribution in [2.75, 3.05) is 0 Å². The van der Waals surface area contributed by atoms with Crippen molar-refractivity contribution in [2.24, 2.45) is 5.41 Å². The summed E-state index contributed by atoms with van der Waals surface area (Å²) in [5.74, 6) is 0.491. The van der Waals surface area contributed by atoms with Crippen molar-refractivity contribution in [3.8, 4) is 0 Å². The molecule has 76 valence electrons. The topological polar surface area (TPSA) is 17.1 Å². The van der Waals surface area contributed by atoms with E-state index in [1.807, 2.05) is 0 Å². The Balaban J connectivity index is 2.31. The monoisotopic (exact) mass is 182 g/mol.